The summed E-state index contributed by atoms with van der Waals surface area (Å²) in [5.74, 6) is 1.17. The van der Waals surface area contributed by atoms with E-state index < -0.39 is 0 Å². The van der Waals surface area contributed by atoms with Crippen LogP contribution in [0.1, 0.15) is 51.4 Å². The van der Waals surface area contributed by atoms with Crippen LogP contribution in [0.5, 0.6) is 0 Å². The van der Waals surface area contributed by atoms with E-state index in [9.17, 15) is 9.59 Å². The molecule has 0 bridgehead atoms. The number of thioether (sulfide) groups is 1. The number of nitrogens with one attached hydrogen (secondary N) is 1. The molecule has 0 aromatic rings. The maximum absolute atomic E-state index is 12.2. The summed E-state index contributed by atoms with van der Waals surface area (Å²) in [6.07, 6.45) is 6.92. The highest BCUT2D eigenvalue weighted by Crippen LogP contribution is 2.36. The topological polar surface area (TPSA) is 71.1 Å². The zero-order valence-corrected chi connectivity index (χ0v) is 17.1. The standard InChI is InChI=1S/C18H33N3O4S/c1-20(12-8-4-5-11-17(23)24-3)16(22)10-7-6-9-15-18-14(13-26-15)21(2)25-19-18/h14-15,18-19H,4-13H2,1-3H3. The zero-order valence-electron chi connectivity index (χ0n) is 16.2. The Morgan fingerprint density at radius 1 is 1.23 bits per heavy atom. The molecule has 3 atom stereocenters. The molecule has 26 heavy (non-hydrogen) atoms. The summed E-state index contributed by atoms with van der Waals surface area (Å²) in [7, 11) is 5.26. The molecule has 7 nitrogen and oxygen atoms in total. The van der Waals surface area contributed by atoms with E-state index in [-0.39, 0.29) is 11.9 Å². The van der Waals surface area contributed by atoms with Crippen molar-refractivity contribution in [2.24, 2.45) is 0 Å². The van der Waals surface area contributed by atoms with Crippen LogP contribution < -0.4 is 5.48 Å². The van der Waals surface area contributed by atoms with Crippen LogP contribution in [-0.2, 0) is 19.3 Å². The van der Waals surface area contributed by atoms with Gasteiger partial charge >= 0.3 is 5.97 Å². The van der Waals surface area contributed by atoms with Crippen LogP contribution in [0.15, 0.2) is 0 Å². The largest absolute Gasteiger partial charge is 0.469 e. The van der Waals surface area contributed by atoms with E-state index in [1.165, 1.54) is 7.11 Å². The van der Waals surface area contributed by atoms with Crippen LogP contribution in [0.4, 0.5) is 0 Å². The van der Waals surface area contributed by atoms with Crippen molar-refractivity contribution in [3.63, 3.8) is 0 Å². The number of likely N-dealkylation sites (N-methyl/N-ethyl adjacent to an activating group) is 1. The lowest BCUT2D eigenvalue weighted by atomic mass is 10.0. The molecule has 3 unspecified atom stereocenters. The summed E-state index contributed by atoms with van der Waals surface area (Å²) in [6.45, 7) is 0.760. The third kappa shape index (κ3) is 6.40. The fraction of sp³-hybridized carbons (Fsp3) is 0.889. The highest BCUT2D eigenvalue weighted by molar-refractivity contribution is 8.00. The van der Waals surface area contributed by atoms with Crippen molar-refractivity contribution < 1.29 is 19.3 Å². The minimum atomic E-state index is -0.160. The number of carbonyl (C=O) groups excluding carboxylic acids is 2. The quantitative estimate of drug-likeness (QED) is 0.429. The molecule has 0 aromatic carbocycles. The summed E-state index contributed by atoms with van der Waals surface area (Å²) >= 11 is 2.01. The summed E-state index contributed by atoms with van der Waals surface area (Å²) in [5.41, 5.74) is 3.13. The van der Waals surface area contributed by atoms with Crippen molar-refractivity contribution >= 4 is 23.6 Å². The van der Waals surface area contributed by atoms with Gasteiger partial charge < -0.3 is 9.64 Å². The Morgan fingerprint density at radius 3 is 2.77 bits per heavy atom. The smallest absolute Gasteiger partial charge is 0.305 e. The Morgan fingerprint density at radius 2 is 2.00 bits per heavy atom. The Bertz CT molecular complexity index is 466. The SMILES string of the molecule is COC(=O)CCCCCN(C)C(=O)CCCCC1SCC2C1NON2C. The lowest BCUT2D eigenvalue weighted by Crippen LogP contribution is -2.37. The van der Waals surface area contributed by atoms with E-state index in [4.69, 9.17) is 4.94 Å². The van der Waals surface area contributed by atoms with Crippen LogP contribution in [-0.4, -0.2) is 72.7 Å². The Kier molecular flexibility index (Phi) is 9.18. The van der Waals surface area contributed by atoms with Gasteiger partial charge in [0.15, 0.2) is 0 Å². The van der Waals surface area contributed by atoms with Gasteiger partial charge in [0.25, 0.3) is 0 Å². The van der Waals surface area contributed by atoms with Crippen molar-refractivity contribution in [3.8, 4) is 0 Å². The van der Waals surface area contributed by atoms with E-state index in [0.717, 1.165) is 50.8 Å². The minimum absolute atomic E-state index is 0.160. The normalized spacial score (nSPS) is 25.3. The van der Waals surface area contributed by atoms with Gasteiger partial charge in [-0.15, -0.1) is 0 Å². The fourth-order valence-corrected chi connectivity index (χ4v) is 5.11. The minimum Gasteiger partial charge on any atom is -0.469 e. The zero-order chi connectivity index (χ0) is 18.9. The van der Waals surface area contributed by atoms with Crippen LogP contribution >= 0.6 is 11.8 Å². The van der Waals surface area contributed by atoms with Gasteiger partial charge in [0.2, 0.25) is 5.91 Å². The number of nitrogens with zero attached hydrogens (tertiary/aromatic N) is 2. The van der Waals surface area contributed by atoms with Gasteiger partial charge in [0.05, 0.1) is 19.2 Å². The molecule has 150 valence electrons. The monoisotopic (exact) mass is 387 g/mol. The Labute approximate surface area is 161 Å². The Hall–Kier alpha value is -0.830. The number of ether oxygens (including phenoxy) is 1. The third-order valence-corrected chi connectivity index (χ3v) is 6.74. The third-order valence-electron chi connectivity index (χ3n) is 5.25. The number of methoxy groups -OCH3 is 1. The first kappa shape index (κ1) is 21.5. The van der Waals surface area contributed by atoms with Gasteiger partial charge in [0.1, 0.15) is 0 Å². The first-order valence-corrected chi connectivity index (χ1v) is 10.7. The second-order valence-electron chi connectivity index (χ2n) is 7.17. The van der Waals surface area contributed by atoms with Crippen molar-refractivity contribution in [2.45, 2.75) is 68.7 Å². The van der Waals surface area contributed by atoms with Crippen LogP contribution in [0.25, 0.3) is 0 Å². The highest BCUT2D eigenvalue weighted by Gasteiger charge is 2.43. The molecule has 0 spiro atoms. The molecule has 2 saturated heterocycles. The van der Waals surface area contributed by atoms with Gasteiger partial charge in [-0.3, -0.25) is 9.59 Å². The van der Waals surface area contributed by atoms with E-state index in [1.807, 2.05) is 35.8 Å². The number of hydrogen-bond donors (Lipinski definition) is 1. The van der Waals surface area contributed by atoms with E-state index >= 15 is 0 Å². The number of esters is 1. The van der Waals surface area contributed by atoms with Gasteiger partial charge in [-0.2, -0.15) is 22.3 Å². The van der Waals surface area contributed by atoms with E-state index in [0.29, 0.717) is 30.2 Å². The highest BCUT2D eigenvalue weighted by atomic mass is 32.2. The summed E-state index contributed by atoms with van der Waals surface area (Å²) in [5, 5.41) is 2.49. The molecule has 2 rings (SSSR count). The second kappa shape index (κ2) is 11.1. The first-order valence-electron chi connectivity index (χ1n) is 9.60. The molecule has 0 saturated carbocycles. The molecule has 2 heterocycles. The van der Waals surface area contributed by atoms with E-state index in [2.05, 4.69) is 10.2 Å². The number of hydroxylamine groups is 3. The van der Waals surface area contributed by atoms with Gasteiger partial charge in [-0.05, 0) is 25.7 Å². The second-order valence-corrected chi connectivity index (χ2v) is 8.44. The molecule has 1 amide bonds. The molecule has 2 aliphatic heterocycles. The van der Waals surface area contributed by atoms with Crippen molar-refractivity contribution in [3.05, 3.63) is 0 Å². The lowest BCUT2D eigenvalue weighted by Gasteiger charge is -2.18. The predicted octanol–water partition coefficient (Wildman–Crippen LogP) is 1.97. The van der Waals surface area contributed by atoms with Crippen molar-refractivity contribution in [2.75, 3.05) is 33.5 Å². The summed E-state index contributed by atoms with van der Waals surface area (Å²) in [6, 6.07) is 0.880. The van der Waals surface area contributed by atoms with Crippen LogP contribution in [0.3, 0.4) is 0 Å². The van der Waals surface area contributed by atoms with Gasteiger partial charge in [-0.25, -0.2) is 4.94 Å². The molecular formula is C18H33N3O4S. The Balaban J connectivity index is 1.50. The van der Waals surface area contributed by atoms with Gasteiger partial charge in [0, 0.05) is 44.5 Å². The van der Waals surface area contributed by atoms with Crippen LogP contribution in [0.2, 0.25) is 0 Å². The number of carbonyl (C=O) groups is 2. The molecule has 0 aromatic heterocycles. The average Bonchev–Trinajstić information content (AvgIpc) is 3.21. The van der Waals surface area contributed by atoms with Crippen molar-refractivity contribution in [1.29, 1.82) is 0 Å². The van der Waals surface area contributed by atoms with Gasteiger partial charge in [-0.1, -0.05) is 12.8 Å². The number of fused-ring (bicyclic) bond motifs is 1. The van der Waals surface area contributed by atoms with Crippen LogP contribution in [0, 0.1) is 0 Å². The molecular weight excluding hydrogens is 354 g/mol. The molecule has 2 fully saturated rings. The number of amides is 1. The number of unbranched alkanes of at least 4 members (excludes halogenated alkanes) is 3. The predicted molar refractivity (Wildman–Crippen MR) is 102 cm³/mol. The molecule has 2 aliphatic rings. The molecule has 0 radical (unpaired) electrons. The maximum Gasteiger partial charge on any atom is 0.305 e. The summed E-state index contributed by atoms with van der Waals surface area (Å²) in [4.78, 5) is 30.4. The first-order chi connectivity index (χ1) is 12.5. The van der Waals surface area contributed by atoms with Crippen molar-refractivity contribution in [1.82, 2.24) is 15.4 Å². The van der Waals surface area contributed by atoms with E-state index in [1.54, 1.807) is 0 Å². The molecule has 1 N–H and O–H groups in total. The fourth-order valence-electron chi connectivity index (χ4n) is 3.47. The average molecular weight is 388 g/mol. The number of hydrogen-bond acceptors (Lipinski definition) is 7. The number of rotatable bonds is 11. The lowest BCUT2D eigenvalue weighted by molar-refractivity contribution is -0.152. The maximum atomic E-state index is 12.2. The molecule has 0 aliphatic carbocycles. The molecule has 8 heteroatoms. The summed E-state index contributed by atoms with van der Waals surface area (Å²) < 4.78 is 4.62.